The summed E-state index contributed by atoms with van der Waals surface area (Å²) in [6, 6.07) is 17.6. The minimum atomic E-state index is -0.475. The Morgan fingerprint density at radius 1 is 1.21 bits per heavy atom. The van der Waals surface area contributed by atoms with Crippen LogP contribution in [-0.2, 0) is 0 Å². The molecule has 28 heavy (non-hydrogen) atoms. The van der Waals surface area contributed by atoms with Gasteiger partial charge in [-0.3, -0.25) is 4.98 Å². The van der Waals surface area contributed by atoms with Crippen molar-refractivity contribution in [3.63, 3.8) is 0 Å². The van der Waals surface area contributed by atoms with Crippen molar-refractivity contribution in [2.45, 2.75) is 18.6 Å². The van der Waals surface area contributed by atoms with Crippen molar-refractivity contribution in [1.29, 1.82) is 0 Å². The summed E-state index contributed by atoms with van der Waals surface area (Å²) >= 11 is 5.98. The number of aliphatic hydroxyl groups is 1. The highest BCUT2D eigenvalue weighted by atomic mass is 35.5. The molecule has 2 N–H and O–H groups in total. The van der Waals surface area contributed by atoms with Gasteiger partial charge in [-0.15, -0.1) is 0 Å². The fourth-order valence-electron chi connectivity index (χ4n) is 3.56. The molecule has 0 bridgehead atoms. The third-order valence-electron chi connectivity index (χ3n) is 5.12. The molecule has 2 atom stereocenters. The summed E-state index contributed by atoms with van der Waals surface area (Å²) in [5.74, 6) is 0.798. The Morgan fingerprint density at radius 2 is 2.07 bits per heavy atom. The molecule has 0 unspecified atom stereocenters. The molecule has 1 aliphatic rings. The Morgan fingerprint density at radius 3 is 2.93 bits per heavy atom. The summed E-state index contributed by atoms with van der Waals surface area (Å²) in [5, 5.41) is 15.8. The number of pyridine rings is 1. The first-order valence-corrected chi connectivity index (χ1v) is 9.96. The van der Waals surface area contributed by atoms with Gasteiger partial charge in [0, 0.05) is 48.3 Å². The molecule has 0 saturated carbocycles. The summed E-state index contributed by atoms with van der Waals surface area (Å²) in [6.45, 7) is 2.96. The molecule has 146 valence electrons. The number of hydrogen-bond donors (Lipinski definition) is 2. The Bertz CT molecular complexity index is 919. The topological polar surface area (TPSA) is 57.6 Å². The lowest BCUT2D eigenvalue weighted by atomic mass is 10.1. The fraction of sp³-hybridized carbons (Fsp3) is 0.318. The van der Waals surface area contributed by atoms with Gasteiger partial charge in [-0.1, -0.05) is 17.7 Å². The smallest absolute Gasteiger partial charge is 0.120 e. The molecule has 1 aromatic heterocycles. The molecular formula is C22H24ClN3O2. The van der Waals surface area contributed by atoms with E-state index in [-0.39, 0.29) is 6.04 Å². The maximum Gasteiger partial charge on any atom is 0.120 e. The van der Waals surface area contributed by atoms with E-state index in [0.29, 0.717) is 13.0 Å². The number of piperazine rings is 1. The minimum absolute atomic E-state index is 0.00818. The SMILES string of the molecule is O[C@@H](CCOc1ccc2ncccc2c1)[C@@H]1CN(c2ccc(Cl)cc2)CCN1. The highest BCUT2D eigenvalue weighted by molar-refractivity contribution is 6.30. The lowest BCUT2D eigenvalue weighted by molar-refractivity contribution is 0.0977. The van der Waals surface area contributed by atoms with E-state index in [9.17, 15) is 5.11 Å². The Kier molecular flexibility index (Phi) is 5.95. The number of rotatable bonds is 6. The number of benzene rings is 2. The molecule has 3 aromatic rings. The molecule has 4 rings (SSSR count). The van der Waals surface area contributed by atoms with Gasteiger partial charge in [0.25, 0.3) is 0 Å². The van der Waals surface area contributed by atoms with E-state index < -0.39 is 6.10 Å². The molecule has 2 aromatic carbocycles. The van der Waals surface area contributed by atoms with Gasteiger partial charge in [-0.2, -0.15) is 0 Å². The number of ether oxygens (including phenoxy) is 1. The summed E-state index contributed by atoms with van der Waals surface area (Å²) in [5.41, 5.74) is 2.08. The first-order chi connectivity index (χ1) is 13.7. The Hall–Kier alpha value is -2.34. The number of aliphatic hydroxyl groups excluding tert-OH is 1. The maximum absolute atomic E-state index is 10.6. The number of fused-ring (bicyclic) bond motifs is 1. The third-order valence-corrected chi connectivity index (χ3v) is 5.37. The highest BCUT2D eigenvalue weighted by Gasteiger charge is 2.25. The van der Waals surface area contributed by atoms with Gasteiger partial charge >= 0.3 is 0 Å². The van der Waals surface area contributed by atoms with Crippen LogP contribution in [0.15, 0.2) is 60.8 Å². The number of nitrogens with one attached hydrogen (secondary N) is 1. The lowest BCUT2D eigenvalue weighted by Crippen LogP contribution is -2.56. The normalized spacial score (nSPS) is 18.2. The Labute approximate surface area is 169 Å². The zero-order valence-electron chi connectivity index (χ0n) is 15.6. The van der Waals surface area contributed by atoms with E-state index >= 15 is 0 Å². The largest absolute Gasteiger partial charge is 0.493 e. The summed E-state index contributed by atoms with van der Waals surface area (Å²) in [4.78, 5) is 6.59. The maximum atomic E-state index is 10.6. The van der Waals surface area contributed by atoms with E-state index in [0.717, 1.165) is 47.0 Å². The van der Waals surface area contributed by atoms with Crippen LogP contribution in [0.25, 0.3) is 10.9 Å². The number of aromatic nitrogens is 1. The van der Waals surface area contributed by atoms with Gasteiger partial charge in [-0.05, 0) is 48.5 Å². The lowest BCUT2D eigenvalue weighted by Gasteiger charge is -2.37. The van der Waals surface area contributed by atoms with Crippen molar-refractivity contribution in [2.24, 2.45) is 0 Å². The number of anilines is 1. The molecule has 2 heterocycles. The molecule has 1 aliphatic heterocycles. The summed E-state index contributed by atoms with van der Waals surface area (Å²) in [7, 11) is 0. The van der Waals surface area contributed by atoms with Crippen molar-refractivity contribution in [2.75, 3.05) is 31.1 Å². The molecule has 0 aliphatic carbocycles. The predicted molar refractivity (Wildman–Crippen MR) is 113 cm³/mol. The molecule has 0 amide bonds. The van der Waals surface area contributed by atoms with Crippen LogP contribution in [0.5, 0.6) is 5.75 Å². The van der Waals surface area contributed by atoms with E-state index in [2.05, 4.69) is 15.2 Å². The van der Waals surface area contributed by atoms with Crippen molar-refractivity contribution < 1.29 is 9.84 Å². The molecule has 0 spiro atoms. The van der Waals surface area contributed by atoms with Crippen LogP contribution in [0.3, 0.4) is 0 Å². The van der Waals surface area contributed by atoms with E-state index in [1.807, 2.05) is 54.6 Å². The monoisotopic (exact) mass is 397 g/mol. The van der Waals surface area contributed by atoms with Crippen LogP contribution in [0.2, 0.25) is 5.02 Å². The van der Waals surface area contributed by atoms with Gasteiger partial charge < -0.3 is 20.1 Å². The van der Waals surface area contributed by atoms with Crippen LogP contribution in [0.1, 0.15) is 6.42 Å². The molecule has 1 saturated heterocycles. The standard InChI is InChI=1S/C22H24ClN3O2/c23-17-3-5-18(6-4-17)26-12-11-25-21(15-26)22(27)9-13-28-19-7-8-20-16(14-19)2-1-10-24-20/h1-8,10,14,21-22,25,27H,9,11-13,15H2/t21-,22-/m0/s1. The van der Waals surface area contributed by atoms with Gasteiger partial charge in [0.15, 0.2) is 0 Å². The molecule has 5 nitrogen and oxygen atoms in total. The molecular weight excluding hydrogens is 374 g/mol. The molecule has 0 radical (unpaired) electrons. The second-order valence-electron chi connectivity index (χ2n) is 7.05. The Balaban J connectivity index is 1.30. The second-order valence-corrected chi connectivity index (χ2v) is 7.48. The van der Waals surface area contributed by atoms with E-state index in [1.165, 1.54) is 0 Å². The third kappa shape index (κ3) is 4.55. The van der Waals surface area contributed by atoms with Crippen LogP contribution >= 0.6 is 11.6 Å². The summed E-state index contributed by atoms with van der Waals surface area (Å²) in [6.07, 6.45) is 1.87. The van der Waals surface area contributed by atoms with Crippen molar-refractivity contribution in [3.05, 3.63) is 65.8 Å². The van der Waals surface area contributed by atoms with Crippen LogP contribution in [0, 0.1) is 0 Å². The highest BCUT2D eigenvalue weighted by Crippen LogP contribution is 2.21. The second kappa shape index (κ2) is 8.78. The number of halogens is 1. The van der Waals surface area contributed by atoms with Crippen LogP contribution in [-0.4, -0.2) is 48.5 Å². The van der Waals surface area contributed by atoms with Gasteiger partial charge in [-0.25, -0.2) is 0 Å². The molecule has 1 fully saturated rings. The van der Waals surface area contributed by atoms with Crippen molar-refractivity contribution >= 4 is 28.2 Å². The quantitative estimate of drug-likeness (QED) is 0.666. The first-order valence-electron chi connectivity index (χ1n) is 9.58. The zero-order chi connectivity index (χ0) is 19.3. The van der Waals surface area contributed by atoms with Crippen molar-refractivity contribution in [1.82, 2.24) is 10.3 Å². The molecule has 6 heteroatoms. The average molecular weight is 398 g/mol. The fourth-order valence-corrected chi connectivity index (χ4v) is 3.69. The van der Waals surface area contributed by atoms with Gasteiger partial charge in [0.05, 0.1) is 24.3 Å². The predicted octanol–water partition coefficient (Wildman–Crippen LogP) is 3.50. The minimum Gasteiger partial charge on any atom is -0.493 e. The average Bonchev–Trinajstić information content (AvgIpc) is 2.74. The number of hydrogen-bond acceptors (Lipinski definition) is 5. The first kappa shape index (κ1) is 19.0. The van der Waals surface area contributed by atoms with Crippen molar-refractivity contribution in [3.8, 4) is 5.75 Å². The van der Waals surface area contributed by atoms with E-state index in [1.54, 1.807) is 6.20 Å². The van der Waals surface area contributed by atoms with Gasteiger partial charge in [0.1, 0.15) is 5.75 Å². The zero-order valence-corrected chi connectivity index (χ0v) is 16.3. The number of nitrogens with zero attached hydrogens (tertiary/aromatic N) is 2. The van der Waals surface area contributed by atoms with E-state index in [4.69, 9.17) is 16.3 Å². The van der Waals surface area contributed by atoms with Crippen LogP contribution < -0.4 is 15.0 Å². The summed E-state index contributed by atoms with van der Waals surface area (Å²) < 4.78 is 5.86. The van der Waals surface area contributed by atoms with Crippen LogP contribution in [0.4, 0.5) is 5.69 Å². The van der Waals surface area contributed by atoms with Gasteiger partial charge in [0.2, 0.25) is 0 Å².